The number of rotatable bonds is 11. The van der Waals surface area contributed by atoms with E-state index in [4.69, 9.17) is 0 Å². The number of aromatic nitrogens is 2. The standard InChI is InChI=1S/C17H30N2O/c1-4-7-8-9-10-11-12-13-19-17(6-3)15(14-20)16(5-2)18-19/h14H,4-13H2,1-3H3. The van der Waals surface area contributed by atoms with Gasteiger partial charge < -0.3 is 0 Å². The van der Waals surface area contributed by atoms with Crippen LogP contribution in [-0.4, -0.2) is 16.1 Å². The summed E-state index contributed by atoms with van der Waals surface area (Å²) in [6.45, 7) is 7.37. The molecular weight excluding hydrogens is 248 g/mol. The van der Waals surface area contributed by atoms with Crippen molar-refractivity contribution in [1.29, 1.82) is 0 Å². The van der Waals surface area contributed by atoms with E-state index < -0.39 is 0 Å². The summed E-state index contributed by atoms with van der Waals surface area (Å²) in [7, 11) is 0. The lowest BCUT2D eigenvalue weighted by molar-refractivity contribution is 0.112. The monoisotopic (exact) mass is 278 g/mol. The largest absolute Gasteiger partial charge is 0.298 e. The second-order valence-corrected chi connectivity index (χ2v) is 5.48. The van der Waals surface area contributed by atoms with E-state index in [1.165, 1.54) is 44.9 Å². The highest BCUT2D eigenvalue weighted by molar-refractivity contribution is 5.78. The quantitative estimate of drug-likeness (QED) is 0.439. The van der Waals surface area contributed by atoms with Crippen LogP contribution in [0.5, 0.6) is 0 Å². The summed E-state index contributed by atoms with van der Waals surface area (Å²) in [6.07, 6.45) is 11.9. The molecule has 1 heterocycles. The van der Waals surface area contributed by atoms with E-state index in [9.17, 15) is 4.79 Å². The number of aryl methyl sites for hydroxylation is 2. The summed E-state index contributed by atoms with van der Waals surface area (Å²) in [6, 6.07) is 0. The Kier molecular flexibility index (Phi) is 8.24. The van der Waals surface area contributed by atoms with Gasteiger partial charge in [0.1, 0.15) is 0 Å². The van der Waals surface area contributed by atoms with Gasteiger partial charge in [-0.2, -0.15) is 5.10 Å². The number of hydrogen-bond donors (Lipinski definition) is 0. The van der Waals surface area contributed by atoms with E-state index in [0.29, 0.717) is 0 Å². The minimum absolute atomic E-state index is 0.831. The topological polar surface area (TPSA) is 34.9 Å². The van der Waals surface area contributed by atoms with Crippen molar-refractivity contribution in [2.45, 2.75) is 85.1 Å². The minimum atomic E-state index is 0.831. The third kappa shape index (κ3) is 4.77. The van der Waals surface area contributed by atoms with Crippen molar-refractivity contribution >= 4 is 6.29 Å². The summed E-state index contributed by atoms with van der Waals surface area (Å²) in [5.74, 6) is 0. The van der Waals surface area contributed by atoms with Crippen LogP contribution in [0.4, 0.5) is 0 Å². The van der Waals surface area contributed by atoms with Crippen LogP contribution in [0.3, 0.4) is 0 Å². The van der Waals surface area contributed by atoms with Gasteiger partial charge in [0, 0.05) is 12.2 Å². The Bertz CT molecular complexity index is 396. The van der Waals surface area contributed by atoms with Crippen molar-refractivity contribution in [3.05, 3.63) is 17.0 Å². The Morgan fingerprint density at radius 3 is 2.15 bits per heavy atom. The molecule has 0 atom stereocenters. The van der Waals surface area contributed by atoms with Gasteiger partial charge in [-0.3, -0.25) is 9.48 Å². The van der Waals surface area contributed by atoms with Gasteiger partial charge in [0.2, 0.25) is 0 Å². The van der Waals surface area contributed by atoms with Crippen molar-refractivity contribution in [1.82, 2.24) is 9.78 Å². The highest BCUT2D eigenvalue weighted by Gasteiger charge is 2.14. The lowest BCUT2D eigenvalue weighted by Crippen LogP contribution is -2.05. The second kappa shape index (κ2) is 9.73. The van der Waals surface area contributed by atoms with Crippen LogP contribution in [0, 0.1) is 0 Å². The average Bonchev–Trinajstić information content (AvgIpc) is 2.83. The predicted octanol–water partition coefficient (Wildman–Crippen LogP) is 4.57. The van der Waals surface area contributed by atoms with Gasteiger partial charge in [-0.05, 0) is 19.3 Å². The predicted molar refractivity (Wildman–Crippen MR) is 84.4 cm³/mol. The molecule has 1 aromatic heterocycles. The molecule has 0 aliphatic carbocycles. The molecule has 0 aliphatic rings. The maximum absolute atomic E-state index is 11.2. The Morgan fingerprint density at radius 1 is 0.950 bits per heavy atom. The highest BCUT2D eigenvalue weighted by atomic mass is 16.1. The van der Waals surface area contributed by atoms with E-state index in [-0.39, 0.29) is 0 Å². The summed E-state index contributed by atoms with van der Waals surface area (Å²) in [5, 5.41) is 4.60. The van der Waals surface area contributed by atoms with Crippen LogP contribution >= 0.6 is 0 Å². The molecule has 0 bridgehead atoms. The Labute approximate surface area is 123 Å². The molecule has 0 aromatic carbocycles. The van der Waals surface area contributed by atoms with Gasteiger partial charge in [-0.15, -0.1) is 0 Å². The summed E-state index contributed by atoms with van der Waals surface area (Å²) < 4.78 is 2.06. The molecule has 0 fully saturated rings. The van der Waals surface area contributed by atoms with Crippen LogP contribution in [0.1, 0.15) is 87.5 Å². The Balaban J connectivity index is 2.43. The second-order valence-electron chi connectivity index (χ2n) is 5.48. The van der Waals surface area contributed by atoms with Crippen LogP contribution < -0.4 is 0 Å². The molecule has 3 heteroatoms. The normalized spacial score (nSPS) is 10.9. The highest BCUT2D eigenvalue weighted by Crippen LogP contribution is 2.15. The Hall–Kier alpha value is -1.12. The van der Waals surface area contributed by atoms with Crippen molar-refractivity contribution in [3.8, 4) is 0 Å². The van der Waals surface area contributed by atoms with Crippen LogP contribution in [0.15, 0.2) is 0 Å². The molecule has 20 heavy (non-hydrogen) atoms. The fraction of sp³-hybridized carbons (Fsp3) is 0.765. The van der Waals surface area contributed by atoms with Crippen molar-refractivity contribution in [3.63, 3.8) is 0 Å². The molecule has 1 rings (SSSR count). The number of unbranched alkanes of at least 4 members (excludes halogenated alkanes) is 6. The van der Waals surface area contributed by atoms with Gasteiger partial charge in [-0.1, -0.05) is 59.3 Å². The summed E-state index contributed by atoms with van der Waals surface area (Å²) >= 11 is 0. The minimum Gasteiger partial charge on any atom is -0.298 e. The summed E-state index contributed by atoms with van der Waals surface area (Å²) in [5.41, 5.74) is 2.90. The van der Waals surface area contributed by atoms with E-state index in [0.717, 1.165) is 42.6 Å². The lowest BCUT2D eigenvalue weighted by Gasteiger charge is -2.06. The zero-order chi connectivity index (χ0) is 14.8. The van der Waals surface area contributed by atoms with E-state index in [2.05, 4.69) is 30.6 Å². The van der Waals surface area contributed by atoms with Crippen molar-refractivity contribution < 1.29 is 4.79 Å². The number of carbonyl (C=O) groups is 1. The molecular formula is C17H30N2O. The molecule has 0 amide bonds. The lowest BCUT2D eigenvalue weighted by atomic mass is 10.1. The molecule has 0 unspecified atom stereocenters. The molecule has 3 nitrogen and oxygen atoms in total. The fourth-order valence-corrected chi connectivity index (χ4v) is 2.74. The first-order valence-electron chi connectivity index (χ1n) is 8.32. The molecule has 0 aliphatic heterocycles. The molecule has 0 saturated carbocycles. The number of carbonyl (C=O) groups excluding carboxylic acids is 1. The molecule has 0 radical (unpaired) electrons. The van der Waals surface area contributed by atoms with Gasteiger partial charge >= 0.3 is 0 Å². The third-order valence-electron chi connectivity index (χ3n) is 3.94. The first-order valence-corrected chi connectivity index (χ1v) is 8.32. The van der Waals surface area contributed by atoms with Gasteiger partial charge in [-0.25, -0.2) is 0 Å². The van der Waals surface area contributed by atoms with E-state index in [1.807, 2.05) is 0 Å². The SMILES string of the molecule is CCCCCCCCCn1nc(CC)c(C=O)c1CC. The molecule has 0 saturated heterocycles. The average molecular weight is 278 g/mol. The van der Waals surface area contributed by atoms with Crippen molar-refractivity contribution in [2.75, 3.05) is 0 Å². The molecule has 0 N–H and O–H groups in total. The van der Waals surface area contributed by atoms with Crippen LogP contribution in [0.25, 0.3) is 0 Å². The zero-order valence-corrected chi connectivity index (χ0v) is 13.5. The molecule has 0 spiro atoms. The first-order chi connectivity index (χ1) is 9.78. The van der Waals surface area contributed by atoms with Gasteiger partial charge in [0.25, 0.3) is 0 Å². The zero-order valence-electron chi connectivity index (χ0n) is 13.5. The maximum atomic E-state index is 11.2. The molecule has 1 aromatic rings. The van der Waals surface area contributed by atoms with Crippen LogP contribution in [-0.2, 0) is 19.4 Å². The van der Waals surface area contributed by atoms with Gasteiger partial charge in [0.15, 0.2) is 6.29 Å². The maximum Gasteiger partial charge on any atom is 0.153 e. The Morgan fingerprint density at radius 2 is 1.60 bits per heavy atom. The smallest absolute Gasteiger partial charge is 0.153 e. The van der Waals surface area contributed by atoms with Gasteiger partial charge in [0.05, 0.1) is 11.3 Å². The third-order valence-corrected chi connectivity index (χ3v) is 3.94. The van der Waals surface area contributed by atoms with Crippen molar-refractivity contribution in [2.24, 2.45) is 0 Å². The number of nitrogens with zero attached hydrogens (tertiary/aromatic N) is 2. The van der Waals surface area contributed by atoms with E-state index in [1.54, 1.807) is 0 Å². The van der Waals surface area contributed by atoms with E-state index >= 15 is 0 Å². The van der Waals surface area contributed by atoms with Crippen LogP contribution in [0.2, 0.25) is 0 Å². The number of hydrogen-bond acceptors (Lipinski definition) is 2. The number of aldehydes is 1. The summed E-state index contributed by atoms with van der Waals surface area (Å²) in [4.78, 5) is 11.2. The fourth-order valence-electron chi connectivity index (χ4n) is 2.74. The first kappa shape index (κ1) is 16.9. The molecule has 114 valence electrons.